The maximum atomic E-state index is 13.5. The fourth-order valence-electron chi connectivity index (χ4n) is 4.41. The zero-order valence-electron chi connectivity index (χ0n) is 26.6. The van der Waals surface area contributed by atoms with Gasteiger partial charge in [-0.15, -0.1) is 0 Å². The lowest BCUT2D eigenvalue weighted by Gasteiger charge is -2.29. The highest BCUT2D eigenvalue weighted by molar-refractivity contribution is 5.88. The molecule has 0 bridgehead atoms. The van der Waals surface area contributed by atoms with Crippen LogP contribution in [0.25, 0.3) is 0 Å². The van der Waals surface area contributed by atoms with Crippen LogP contribution in [0.15, 0.2) is 60.5 Å². The molecule has 0 radical (unpaired) electrons. The maximum Gasteiger partial charge on any atom is 0.407 e. The second-order valence-corrected chi connectivity index (χ2v) is 9.26. The Labute approximate surface area is 235 Å². The van der Waals surface area contributed by atoms with Crippen LogP contribution in [0.4, 0.5) is 4.79 Å². The summed E-state index contributed by atoms with van der Waals surface area (Å²) in [7, 11) is 0. The zero-order valence-corrected chi connectivity index (χ0v) is 21.6. The lowest BCUT2D eigenvalue weighted by atomic mass is 10.0. The quantitative estimate of drug-likeness (QED) is 0.250. The molecule has 3 atom stereocenters. The predicted octanol–water partition coefficient (Wildman–Crippen LogP) is 3.20. The molecule has 4 N–H and O–H groups in total. The molecule has 1 aliphatic rings. The summed E-state index contributed by atoms with van der Waals surface area (Å²) in [4.78, 5) is 50.7. The average Bonchev–Trinajstić information content (AvgIpc) is 3.51. The Morgan fingerprint density at radius 1 is 1.00 bits per heavy atom. The van der Waals surface area contributed by atoms with E-state index in [9.17, 15) is 29.4 Å². The fourth-order valence-corrected chi connectivity index (χ4v) is 4.41. The Morgan fingerprint density at radius 3 is 2.44 bits per heavy atom. The minimum absolute atomic E-state index is 0.0392. The van der Waals surface area contributed by atoms with Crippen LogP contribution in [0, 0.1) is 0 Å². The van der Waals surface area contributed by atoms with Gasteiger partial charge in [0.05, 0.1) is 12.9 Å². The molecule has 0 spiro atoms. The Hall–Kier alpha value is -3.92. The fraction of sp³-hybridized carbons (Fsp3) is 0.448. The van der Waals surface area contributed by atoms with Gasteiger partial charge in [0.2, 0.25) is 5.91 Å². The molecule has 2 aromatic carbocycles. The molecular weight excluding hydrogens is 502 g/mol. The van der Waals surface area contributed by atoms with E-state index in [0.717, 1.165) is 5.56 Å². The van der Waals surface area contributed by atoms with Crippen molar-refractivity contribution >= 4 is 23.9 Å². The number of aliphatic carboxylic acids is 2. The highest BCUT2D eigenvalue weighted by atomic mass is 16.5. The first-order valence-electron chi connectivity index (χ1n) is 15.4. The van der Waals surface area contributed by atoms with Gasteiger partial charge in [-0.1, -0.05) is 60.5 Å². The monoisotopic (exact) mass is 544 g/mol. The standard InChI is InChI=1S/C29H37N3O7/c33-26(32-19-9-15-25(32)28(36)37)23(31-24(27(34)35)17-16-21-10-3-1-4-11-21)14-7-8-18-30-29(38)39-20-22-12-5-2-6-13-22/h1-6,10-13,23-25,31H,7-9,14-20H2,(H,30,38)(H,34,35)(H,36,37)/t23-,24-,25-/m1/s1/i1D,3D,4D,10D,11D. The molecule has 0 unspecified atom stereocenters. The second-order valence-electron chi connectivity index (χ2n) is 9.26. The molecule has 1 aliphatic heterocycles. The summed E-state index contributed by atoms with van der Waals surface area (Å²) < 4.78 is 44.8. The number of nitrogens with zero attached hydrogens (tertiary/aromatic N) is 1. The lowest BCUT2D eigenvalue weighted by molar-refractivity contribution is -0.149. The minimum Gasteiger partial charge on any atom is -0.480 e. The summed E-state index contributed by atoms with van der Waals surface area (Å²) in [5.74, 6) is -3.02. The van der Waals surface area contributed by atoms with Crippen LogP contribution in [0.2, 0.25) is 0 Å². The van der Waals surface area contributed by atoms with E-state index in [1.807, 2.05) is 30.3 Å². The Bertz CT molecular complexity index is 1320. The van der Waals surface area contributed by atoms with Crippen molar-refractivity contribution in [1.29, 1.82) is 0 Å². The van der Waals surface area contributed by atoms with Gasteiger partial charge in [-0.05, 0) is 56.1 Å². The van der Waals surface area contributed by atoms with Gasteiger partial charge in [-0.3, -0.25) is 14.9 Å². The maximum absolute atomic E-state index is 13.5. The van der Waals surface area contributed by atoms with Crippen molar-refractivity contribution in [2.75, 3.05) is 13.1 Å². The summed E-state index contributed by atoms with van der Waals surface area (Å²) in [6, 6.07) is 3.25. The summed E-state index contributed by atoms with van der Waals surface area (Å²) in [5, 5.41) is 25.0. The number of likely N-dealkylation sites (tertiary alicyclic amines) is 1. The first-order valence-corrected chi connectivity index (χ1v) is 12.9. The molecule has 0 saturated carbocycles. The van der Waals surface area contributed by atoms with E-state index < -0.39 is 72.3 Å². The molecule has 0 aromatic heterocycles. The number of carboxylic acids is 2. The third-order valence-corrected chi connectivity index (χ3v) is 6.46. The van der Waals surface area contributed by atoms with Gasteiger partial charge in [0.15, 0.2) is 0 Å². The third-order valence-electron chi connectivity index (χ3n) is 6.46. The van der Waals surface area contributed by atoms with Crippen molar-refractivity contribution in [3.63, 3.8) is 0 Å². The third kappa shape index (κ3) is 9.72. The number of carbonyl (C=O) groups is 4. The number of ether oxygens (including phenoxy) is 1. The molecule has 2 amide bonds. The normalized spacial score (nSPS) is 18.1. The van der Waals surface area contributed by atoms with E-state index in [-0.39, 0.29) is 50.9 Å². The van der Waals surface area contributed by atoms with Crippen molar-refractivity contribution in [1.82, 2.24) is 15.5 Å². The van der Waals surface area contributed by atoms with Crippen LogP contribution >= 0.6 is 0 Å². The number of carboxylic acid groups (broad SMARTS) is 2. The van der Waals surface area contributed by atoms with Gasteiger partial charge in [-0.2, -0.15) is 0 Å². The SMILES string of the molecule is [2H]c1c([2H])c([2H])c(CC[C@@H](N[C@H](CCCCNC(=O)OCc2ccccc2)C(=O)N2CCC[C@@H]2C(=O)O)C(=O)O)c([2H])c1[2H]. The molecule has 10 nitrogen and oxygen atoms in total. The molecule has 210 valence electrons. The number of amides is 2. The smallest absolute Gasteiger partial charge is 0.407 e. The summed E-state index contributed by atoms with van der Waals surface area (Å²) in [6.45, 7) is 0.546. The summed E-state index contributed by atoms with van der Waals surface area (Å²) in [5.41, 5.74) is 0.791. The number of unbranched alkanes of at least 4 members (excludes halogenated alkanes) is 1. The molecular formula is C29H37N3O7. The lowest BCUT2D eigenvalue weighted by Crippen LogP contribution is -2.54. The van der Waals surface area contributed by atoms with Crippen LogP contribution in [0.5, 0.6) is 0 Å². The highest BCUT2D eigenvalue weighted by Crippen LogP contribution is 2.20. The topological polar surface area (TPSA) is 145 Å². The van der Waals surface area contributed by atoms with Crippen LogP contribution in [-0.2, 0) is 32.1 Å². The number of hydrogen-bond donors (Lipinski definition) is 4. The van der Waals surface area contributed by atoms with E-state index in [1.54, 1.807) is 0 Å². The van der Waals surface area contributed by atoms with E-state index >= 15 is 0 Å². The molecule has 10 heteroatoms. The average molecular weight is 545 g/mol. The summed E-state index contributed by atoms with van der Waals surface area (Å²) in [6.07, 6.45) is 0.739. The van der Waals surface area contributed by atoms with Gasteiger partial charge >= 0.3 is 18.0 Å². The van der Waals surface area contributed by atoms with Gasteiger partial charge in [0.25, 0.3) is 0 Å². The van der Waals surface area contributed by atoms with E-state index in [2.05, 4.69) is 10.6 Å². The molecule has 3 rings (SSSR count). The zero-order chi connectivity index (χ0) is 32.4. The first kappa shape index (κ1) is 23.0. The predicted molar refractivity (Wildman–Crippen MR) is 144 cm³/mol. The van der Waals surface area contributed by atoms with Crippen LogP contribution in [-0.4, -0.2) is 70.3 Å². The highest BCUT2D eigenvalue weighted by Gasteiger charge is 2.38. The largest absolute Gasteiger partial charge is 0.480 e. The first-order chi connectivity index (χ1) is 20.9. The number of nitrogens with one attached hydrogen (secondary N) is 2. The van der Waals surface area contributed by atoms with Crippen molar-refractivity contribution in [3.05, 3.63) is 71.7 Å². The van der Waals surface area contributed by atoms with Crippen LogP contribution in [0.1, 0.15) is 56.5 Å². The van der Waals surface area contributed by atoms with Gasteiger partial charge in [-0.25, -0.2) is 9.59 Å². The number of alkyl carbamates (subject to hydrolysis) is 1. The van der Waals surface area contributed by atoms with Crippen molar-refractivity contribution in [2.24, 2.45) is 0 Å². The van der Waals surface area contributed by atoms with Crippen molar-refractivity contribution in [2.45, 2.75) is 69.7 Å². The van der Waals surface area contributed by atoms with E-state index in [4.69, 9.17) is 11.6 Å². The van der Waals surface area contributed by atoms with Crippen molar-refractivity contribution < 1.29 is 41.0 Å². The molecule has 1 fully saturated rings. The minimum atomic E-state index is -1.33. The Morgan fingerprint density at radius 2 is 1.74 bits per heavy atom. The molecule has 39 heavy (non-hydrogen) atoms. The van der Waals surface area contributed by atoms with Crippen LogP contribution < -0.4 is 10.6 Å². The second kappa shape index (κ2) is 15.5. The number of hydrogen-bond acceptors (Lipinski definition) is 6. The van der Waals surface area contributed by atoms with E-state index in [1.165, 1.54) is 4.90 Å². The molecule has 1 saturated heterocycles. The molecule has 2 aromatic rings. The Balaban J connectivity index is 1.64. The van der Waals surface area contributed by atoms with Crippen LogP contribution in [0.3, 0.4) is 0 Å². The summed E-state index contributed by atoms with van der Waals surface area (Å²) >= 11 is 0. The number of rotatable bonds is 15. The van der Waals surface area contributed by atoms with Gasteiger partial charge in [0, 0.05) is 13.1 Å². The van der Waals surface area contributed by atoms with Crippen molar-refractivity contribution in [3.8, 4) is 0 Å². The Kier molecular flexibility index (Phi) is 9.13. The number of carbonyl (C=O) groups excluding carboxylic acids is 2. The molecule has 1 heterocycles. The van der Waals surface area contributed by atoms with Gasteiger partial charge < -0.3 is 25.2 Å². The van der Waals surface area contributed by atoms with Gasteiger partial charge in [0.1, 0.15) is 18.7 Å². The van der Waals surface area contributed by atoms with E-state index in [0.29, 0.717) is 19.3 Å². The molecule has 0 aliphatic carbocycles. The number of benzene rings is 2.